The van der Waals surface area contributed by atoms with Crippen LogP contribution in [0.2, 0.25) is 0 Å². The van der Waals surface area contributed by atoms with E-state index in [0.717, 1.165) is 0 Å². The fourth-order valence-electron chi connectivity index (χ4n) is 0. The number of rotatable bonds is 0. The van der Waals surface area contributed by atoms with Crippen LogP contribution in [0.4, 0.5) is 4.79 Å². The van der Waals surface area contributed by atoms with Crippen molar-refractivity contribution in [1.29, 1.82) is 0 Å². The van der Waals surface area contributed by atoms with Crippen LogP contribution in [0.25, 0.3) is 0 Å². The van der Waals surface area contributed by atoms with Crippen LogP contribution in [0.3, 0.4) is 0 Å². The van der Waals surface area contributed by atoms with E-state index in [-0.39, 0.29) is 76.1 Å². The Morgan fingerprint density at radius 2 is 1.33 bits per heavy atom. The quantitative estimate of drug-likeness (QED) is 0.443. The van der Waals surface area contributed by atoms with E-state index in [1.54, 1.807) is 0 Å². The third-order valence-electron chi connectivity index (χ3n) is 0. The third-order valence-corrected chi connectivity index (χ3v) is 0. The summed E-state index contributed by atoms with van der Waals surface area (Å²) in [6.07, 6.45) is -1.83. The largest absolute Gasteiger partial charge is 1.00 e. The van der Waals surface area contributed by atoms with Crippen LogP contribution in [0.1, 0.15) is 1.43 Å². The molecule has 0 spiro atoms. The topological polar surface area (TPSA) is 89.0 Å². The van der Waals surface area contributed by atoms with Crippen LogP contribution in [0, 0.1) is 0 Å². The van der Waals surface area contributed by atoms with E-state index in [2.05, 4.69) is 0 Å². The van der Waals surface area contributed by atoms with Gasteiger partial charge in [0.2, 0.25) is 0 Å². The molecule has 4 nitrogen and oxygen atoms in total. The summed E-state index contributed by atoms with van der Waals surface area (Å²) < 4.78 is 0. The van der Waals surface area contributed by atoms with Crippen molar-refractivity contribution in [3.05, 3.63) is 0 Å². The molecule has 9 heavy (non-hydrogen) atoms. The van der Waals surface area contributed by atoms with Gasteiger partial charge in [0.15, 0.2) is 0 Å². The van der Waals surface area contributed by atoms with Gasteiger partial charge in [-0.2, -0.15) is 0 Å². The van der Waals surface area contributed by atoms with E-state index in [9.17, 15) is 0 Å². The molecule has 0 bridgehead atoms. The number of carbonyl (C=O) groups is 1. The Kier molecular flexibility index (Phi) is 183. The van der Waals surface area contributed by atoms with E-state index in [1.165, 1.54) is 0 Å². The van der Waals surface area contributed by atoms with Gasteiger partial charge in [-0.15, -0.1) is 0 Å². The molecule has 0 saturated carbocycles. The molecule has 0 atom stereocenters. The van der Waals surface area contributed by atoms with Gasteiger partial charge in [0.1, 0.15) is 0 Å². The minimum atomic E-state index is -1.83. The average molecular weight is 261 g/mol. The fraction of sp³-hybridized carbons (Fsp3) is 0. The predicted molar refractivity (Wildman–Crippen MR) is 15.4 cm³/mol. The average Bonchev–Trinajstić information content (AvgIpc) is 0.811. The SMILES string of the molecule is O.O=C(O)O.[Co].[H-].[Li+].[Mn].[Ni]. The summed E-state index contributed by atoms with van der Waals surface area (Å²) in [5.41, 5.74) is 0. The molecule has 0 aliphatic carbocycles. The molecule has 0 saturated heterocycles. The summed E-state index contributed by atoms with van der Waals surface area (Å²) in [7, 11) is 0. The Morgan fingerprint density at radius 1 is 1.33 bits per heavy atom. The fourth-order valence-corrected chi connectivity index (χ4v) is 0. The molecule has 0 amide bonds. The Hall–Kier alpha value is 1.35. The molecular weight excluding hydrogens is 256 g/mol. The molecule has 0 aliphatic rings. The summed E-state index contributed by atoms with van der Waals surface area (Å²) >= 11 is 0. The van der Waals surface area contributed by atoms with Gasteiger partial charge >= 0.3 is 25.0 Å². The van der Waals surface area contributed by atoms with Crippen molar-refractivity contribution in [1.82, 2.24) is 0 Å². The molecular formula is CH5CoLiMnNiO4. The first-order valence-electron chi connectivity index (χ1n) is 0.651. The second kappa shape index (κ2) is 34.5. The van der Waals surface area contributed by atoms with Gasteiger partial charge in [-0.25, -0.2) is 4.79 Å². The van der Waals surface area contributed by atoms with Crippen molar-refractivity contribution in [2.45, 2.75) is 0 Å². The van der Waals surface area contributed by atoms with E-state index in [1.807, 2.05) is 0 Å². The second-order valence-electron chi connectivity index (χ2n) is 0.283. The standard InChI is InChI=1S/CH2O3.Co.Li.Mn.Ni.H2O.H/c2-1(3)4;;;;;;/h(H2,2,3,4);;;;;1H2;/q;;+1;;;;-1. The Labute approximate surface area is 96.7 Å². The minimum Gasteiger partial charge on any atom is -1.00 e. The molecule has 0 aliphatic heterocycles. The smallest absolute Gasteiger partial charge is 1.00 e. The van der Waals surface area contributed by atoms with Gasteiger partial charge < -0.3 is 17.1 Å². The predicted octanol–water partition coefficient (Wildman–Crippen LogP) is -3.49. The third kappa shape index (κ3) is 278. The molecule has 0 heterocycles. The molecule has 0 aromatic rings. The van der Waals surface area contributed by atoms with Crippen LogP contribution >= 0.6 is 0 Å². The zero-order chi connectivity index (χ0) is 3.58. The Morgan fingerprint density at radius 3 is 1.33 bits per heavy atom. The van der Waals surface area contributed by atoms with Crippen molar-refractivity contribution in [3.8, 4) is 0 Å². The first-order chi connectivity index (χ1) is 1.73. The first kappa shape index (κ1) is 47.8. The number of hydrogen-bond donors (Lipinski definition) is 2. The molecule has 8 heteroatoms. The number of carboxylic acid groups (broad SMARTS) is 2. The van der Waals surface area contributed by atoms with Crippen molar-refractivity contribution in [2.24, 2.45) is 0 Å². The van der Waals surface area contributed by atoms with Crippen LogP contribution < -0.4 is 18.9 Å². The van der Waals surface area contributed by atoms with Gasteiger partial charge in [-0.3, -0.25) is 0 Å². The Bertz CT molecular complexity index is 48.2. The maximum absolute atomic E-state index is 8.56. The molecule has 2 radical (unpaired) electrons. The van der Waals surface area contributed by atoms with Crippen molar-refractivity contribution in [3.63, 3.8) is 0 Å². The summed E-state index contributed by atoms with van der Waals surface area (Å²) in [5, 5.41) is 13.9. The normalized spacial score (nSPS) is 2.67. The van der Waals surface area contributed by atoms with Gasteiger partial charge in [0, 0.05) is 50.3 Å². The van der Waals surface area contributed by atoms with Gasteiger partial charge in [-0.1, -0.05) is 0 Å². The van der Waals surface area contributed by atoms with Crippen LogP contribution in [0.5, 0.6) is 0 Å². The van der Waals surface area contributed by atoms with Crippen LogP contribution in [-0.2, 0) is 50.3 Å². The van der Waals surface area contributed by atoms with Crippen LogP contribution in [0.15, 0.2) is 0 Å². The van der Waals surface area contributed by atoms with Gasteiger partial charge in [0.05, 0.1) is 0 Å². The molecule has 60 valence electrons. The van der Waals surface area contributed by atoms with Crippen molar-refractivity contribution in [2.75, 3.05) is 0 Å². The maximum atomic E-state index is 8.56. The van der Waals surface area contributed by atoms with Gasteiger partial charge in [0.25, 0.3) is 0 Å². The molecule has 4 N–H and O–H groups in total. The minimum absolute atomic E-state index is 0. The van der Waals surface area contributed by atoms with E-state index >= 15 is 0 Å². The van der Waals surface area contributed by atoms with Crippen LogP contribution in [-0.4, -0.2) is 21.8 Å². The van der Waals surface area contributed by atoms with E-state index in [0.29, 0.717) is 0 Å². The Balaban J connectivity index is -0.00000000300. The second-order valence-corrected chi connectivity index (χ2v) is 0.283. The molecule has 0 unspecified atom stereocenters. The molecule has 0 fully saturated rings. The van der Waals surface area contributed by atoms with Crippen molar-refractivity contribution >= 4 is 6.16 Å². The summed E-state index contributed by atoms with van der Waals surface area (Å²) in [6.45, 7) is 0. The zero-order valence-electron chi connectivity index (χ0n) is 5.33. The van der Waals surface area contributed by atoms with Gasteiger partial charge in [-0.05, 0) is 0 Å². The first-order valence-corrected chi connectivity index (χ1v) is 0.651. The molecule has 0 aromatic carbocycles. The maximum Gasteiger partial charge on any atom is 1.00 e. The molecule has 0 aromatic heterocycles. The summed E-state index contributed by atoms with van der Waals surface area (Å²) in [5.74, 6) is 0. The summed E-state index contributed by atoms with van der Waals surface area (Å²) in [4.78, 5) is 8.56. The van der Waals surface area contributed by atoms with Crippen molar-refractivity contribution < 1.29 is 91.1 Å². The van der Waals surface area contributed by atoms with E-state index < -0.39 is 6.16 Å². The summed E-state index contributed by atoms with van der Waals surface area (Å²) in [6, 6.07) is 0. The monoisotopic (exact) mass is 260 g/mol. The van der Waals surface area contributed by atoms with E-state index in [4.69, 9.17) is 15.0 Å². The zero-order valence-corrected chi connectivity index (χ0v) is 7.54. The molecule has 0 rings (SSSR count). The number of hydrogen-bond acceptors (Lipinski definition) is 1.